The Labute approximate surface area is 202 Å². The first-order valence-electron chi connectivity index (χ1n) is 12.4. The molecule has 1 fully saturated rings. The fourth-order valence-electron chi connectivity index (χ4n) is 4.75. The van der Waals surface area contributed by atoms with Crippen molar-refractivity contribution in [3.8, 4) is 0 Å². The van der Waals surface area contributed by atoms with E-state index in [0.717, 1.165) is 55.6 Å². The van der Waals surface area contributed by atoms with Crippen LogP contribution >= 0.6 is 0 Å². The number of benzene rings is 1. The van der Waals surface area contributed by atoms with E-state index in [1.807, 2.05) is 12.1 Å². The van der Waals surface area contributed by atoms with E-state index < -0.39 is 5.60 Å². The Morgan fingerprint density at radius 1 is 1.26 bits per heavy atom. The highest BCUT2D eigenvalue weighted by Crippen LogP contribution is 2.36. The molecule has 7 heteroatoms. The molecule has 0 unspecified atom stereocenters. The second-order valence-corrected chi connectivity index (χ2v) is 9.68. The van der Waals surface area contributed by atoms with Gasteiger partial charge in [0.15, 0.2) is 0 Å². The van der Waals surface area contributed by atoms with E-state index in [0.29, 0.717) is 0 Å². The van der Waals surface area contributed by atoms with E-state index in [9.17, 15) is 4.79 Å². The number of hydrogen-bond acceptors (Lipinski definition) is 4. The summed E-state index contributed by atoms with van der Waals surface area (Å²) >= 11 is 0. The van der Waals surface area contributed by atoms with Gasteiger partial charge in [0.1, 0.15) is 0 Å². The third kappa shape index (κ3) is 5.94. The van der Waals surface area contributed by atoms with Crippen LogP contribution in [0.1, 0.15) is 80.5 Å². The number of likely N-dealkylation sites (tertiary alicyclic amines) is 1. The van der Waals surface area contributed by atoms with E-state index in [-0.39, 0.29) is 17.5 Å². The van der Waals surface area contributed by atoms with Crippen LogP contribution in [-0.2, 0) is 10.3 Å². The van der Waals surface area contributed by atoms with Crippen molar-refractivity contribution >= 4 is 23.0 Å². The predicted molar refractivity (Wildman–Crippen MR) is 135 cm³/mol. The number of ether oxygens (including phenoxy) is 1. The van der Waals surface area contributed by atoms with Gasteiger partial charge in [0, 0.05) is 24.4 Å². The van der Waals surface area contributed by atoms with Crippen molar-refractivity contribution in [3.05, 3.63) is 58.8 Å². The van der Waals surface area contributed by atoms with Gasteiger partial charge in [0.05, 0.1) is 11.8 Å². The summed E-state index contributed by atoms with van der Waals surface area (Å²) in [6.07, 6.45) is 11.7. The number of carbonyl (C=O) groups excluding carboxylic acids is 1. The standard InChI is InChI=1S/C27H35N5O2/c1-27(2,34-17-9-16-32-14-7-8-15-32)21-12-13-23(22(18-21)20-10-5-4-6-11-20)30-26(33)25-29-19-24(28-3)31-25/h10,12-13,18-19H,4-9,11,14-17H2,1-2H3,(H,29,31)(H,30,33). The van der Waals surface area contributed by atoms with E-state index in [1.54, 1.807) is 0 Å². The molecule has 1 amide bonds. The van der Waals surface area contributed by atoms with Crippen LogP contribution < -0.4 is 5.32 Å². The highest BCUT2D eigenvalue weighted by Gasteiger charge is 2.25. The first kappa shape index (κ1) is 24.2. The van der Waals surface area contributed by atoms with E-state index in [1.165, 1.54) is 44.1 Å². The van der Waals surface area contributed by atoms with Crippen molar-refractivity contribution < 1.29 is 9.53 Å². The summed E-state index contributed by atoms with van der Waals surface area (Å²) in [6, 6.07) is 6.17. The van der Waals surface area contributed by atoms with Crippen LogP contribution in [0.3, 0.4) is 0 Å². The highest BCUT2D eigenvalue weighted by molar-refractivity contribution is 6.03. The lowest BCUT2D eigenvalue weighted by atomic mass is 9.88. The summed E-state index contributed by atoms with van der Waals surface area (Å²) in [5.41, 5.74) is 3.72. The van der Waals surface area contributed by atoms with Gasteiger partial charge in [-0.3, -0.25) is 9.78 Å². The minimum atomic E-state index is -0.428. The molecule has 2 aliphatic rings. The van der Waals surface area contributed by atoms with Crippen LogP contribution in [0.15, 0.2) is 30.5 Å². The van der Waals surface area contributed by atoms with Crippen LogP contribution in [0.4, 0.5) is 11.5 Å². The molecule has 2 heterocycles. The fraction of sp³-hybridized carbons (Fsp3) is 0.519. The van der Waals surface area contributed by atoms with E-state index in [2.05, 4.69) is 51.0 Å². The summed E-state index contributed by atoms with van der Waals surface area (Å²) in [4.78, 5) is 25.4. The second kappa shape index (κ2) is 11.0. The molecule has 34 heavy (non-hydrogen) atoms. The zero-order valence-corrected chi connectivity index (χ0v) is 20.3. The number of amides is 1. The number of nitrogens with one attached hydrogen (secondary N) is 2. The molecule has 2 aromatic rings. The van der Waals surface area contributed by atoms with Gasteiger partial charge < -0.3 is 19.8 Å². The number of aromatic amines is 1. The van der Waals surface area contributed by atoms with E-state index >= 15 is 0 Å². The van der Waals surface area contributed by atoms with Crippen LogP contribution in [0.5, 0.6) is 0 Å². The quantitative estimate of drug-likeness (QED) is 0.360. The van der Waals surface area contributed by atoms with Gasteiger partial charge in [0.25, 0.3) is 5.82 Å². The fourth-order valence-corrected chi connectivity index (χ4v) is 4.75. The van der Waals surface area contributed by atoms with Gasteiger partial charge in [-0.05, 0) is 95.2 Å². The Bertz CT molecular complexity index is 1070. The van der Waals surface area contributed by atoms with Crippen molar-refractivity contribution in [1.82, 2.24) is 14.9 Å². The third-order valence-corrected chi connectivity index (χ3v) is 6.78. The van der Waals surface area contributed by atoms with Crippen molar-refractivity contribution in [3.63, 3.8) is 0 Å². The molecular weight excluding hydrogens is 426 g/mol. The van der Waals surface area contributed by atoms with Crippen LogP contribution in [0.25, 0.3) is 10.4 Å². The SMILES string of the molecule is [C-]#[N+]c1cnc(C(=O)Nc2ccc(C(C)(C)OCCCN3CCCC3)cc2C2=CCCCC2)[nH]1. The van der Waals surface area contributed by atoms with Crippen molar-refractivity contribution in [2.45, 2.75) is 64.4 Å². The number of hydrogen-bond donors (Lipinski definition) is 2. The van der Waals surface area contributed by atoms with Crippen molar-refractivity contribution in [1.29, 1.82) is 0 Å². The van der Waals surface area contributed by atoms with Gasteiger partial charge in [0.2, 0.25) is 5.82 Å². The van der Waals surface area contributed by atoms with Crippen LogP contribution in [0, 0.1) is 6.57 Å². The minimum absolute atomic E-state index is 0.139. The molecule has 0 spiro atoms. The van der Waals surface area contributed by atoms with Crippen molar-refractivity contribution in [2.75, 3.05) is 31.6 Å². The number of H-pyrrole nitrogens is 1. The summed E-state index contributed by atoms with van der Waals surface area (Å²) < 4.78 is 6.35. The highest BCUT2D eigenvalue weighted by atomic mass is 16.5. The Balaban J connectivity index is 1.50. The predicted octanol–water partition coefficient (Wildman–Crippen LogP) is 5.91. The summed E-state index contributed by atoms with van der Waals surface area (Å²) in [5, 5.41) is 3.00. The number of carbonyl (C=O) groups is 1. The molecule has 2 N–H and O–H groups in total. The normalized spacial score (nSPS) is 16.8. The zero-order valence-electron chi connectivity index (χ0n) is 20.3. The molecule has 1 aliphatic carbocycles. The summed E-state index contributed by atoms with van der Waals surface area (Å²) in [7, 11) is 0. The molecule has 0 saturated carbocycles. The lowest BCUT2D eigenvalue weighted by Gasteiger charge is -2.28. The minimum Gasteiger partial charge on any atom is -0.371 e. The molecule has 180 valence electrons. The topological polar surface area (TPSA) is 74.6 Å². The molecule has 1 aromatic carbocycles. The van der Waals surface area contributed by atoms with Gasteiger partial charge >= 0.3 is 5.91 Å². The molecule has 4 rings (SSSR count). The third-order valence-electron chi connectivity index (χ3n) is 6.78. The first-order chi connectivity index (χ1) is 16.5. The lowest BCUT2D eigenvalue weighted by molar-refractivity contribution is -0.0247. The maximum absolute atomic E-state index is 12.8. The van der Waals surface area contributed by atoms with Gasteiger partial charge in [-0.25, -0.2) is 4.98 Å². The largest absolute Gasteiger partial charge is 0.371 e. The summed E-state index contributed by atoms with van der Waals surface area (Å²) in [6.45, 7) is 15.6. The molecule has 0 bridgehead atoms. The van der Waals surface area contributed by atoms with Gasteiger partial charge in [-0.1, -0.05) is 18.7 Å². The average molecular weight is 462 g/mol. The Kier molecular flexibility index (Phi) is 7.81. The molecule has 1 aromatic heterocycles. The number of rotatable bonds is 9. The zero-order chi connectivity index (χ0) is 24.0. The average Bonchev–Trinajstić information content (AvgIpc) is 3.55. The molecule has 7 nitrogen and oxygen atoms in total. The molecular formula is C27H35N5O2. The maximum atomic E-state index is 12.8. The second-order valence-electron chi connectivity index (χ2n) is 9.68. The molecule has 0 atom stereocenters. The molecule has 0 radical (unpaired) electrons. The molecule has 1 aliphatic heterocycles. The number of nitrogens with zero attached hydrogens (tertiary/aromatic N) is 3. The first-order valence-corrected chi connectivity index (χ1v) is 12.4. The van der Waals surface area contributed by atoms with Crippen LogP contribution in [0.2, 0.25) is 0 Å². The van der Waals surface area contributed by atoms with Crippen molar-refractivity contribution in [2.24, 2.45) is 0 Å². The number of imidazole rings is 1. The number of aromatic nitrogens is 2. The van der Waals surface area contributed by atoms with E-state index in [4.69, 9.17) is 11.3 Å². The lowest BCUT2D eigenvalue weighted by Crippen LogP contribution is -2.26. The maximum Gasteiger partial charge on any atom is 0.314 e. The van der Waals surface area contributed by atoms with Gasteiger partial charge in [-0.2, -0.15) is 0 Å². The monoisotopic (exact) mass is 461 g/mol. The smallest absolute Gasteiger partial charge is 0.314 e. The number of allylic oxidation sites excluding steroid dienone is 2. The Morgan fingerprint density at radius 3 is 2.79 bits per heavy atom. The summed E-state index contributed by atoms with van der Waals surface area (Å²) in [5.74, 6) is 0.0392. The Morgan fingerprint density at radius 2 is 2.09 bits per heavy atom. The number of anilines is 1. The van der Waals surface area contributed by atoms with Gasteiger partial charge in [-0.15, -0.1) is 0 Å². The Hall–Kier alpha value is -2.95. The van der Waals surface area contributed by atoms with Crippen LogP contribution in [-0.4, -0.2) is 47.0 Å². The molecule has 1 saturated heterocycles.